The zero-order valence-corrected chi connectivity index (χ0v) is 13.5. The van der Waals surface area contributed by atoms with Gasteiger partial charge in [0.25, 0.3) is 0 Å². The molecule has 20 heavy (non-hydrogen) atoms. The molecule has 1 aromatic heterocycles. The molecular weight excluding hydrogens is 449 g/mol. The first kappa shape index (κ1) is 17.1. The normalized spacial score (nSPS) is 19.1. The number of aliphatic imine (C=N–C) groups is 1. The van der Waals surface area contributed by atoms with Crippen molar-refractivity contribution in [1.82, 2.24) is 10.4 Å². The number of hydrogen-bond donors (Lipinski definition) is 1. The third-order valence-electron chi connectivity index (χ3n) is 2.71. The minimum atomic E-state index is -4.45. The molecule has 0 aromatic carbocycles. The van der Waals surface area contributed by atoms with Crippen molar-refractivity contribution >= 4 is 5.84 Å². The van der Waals surface area contributed by atoms with Crippen LogP contribution in [0.5, 0.6) is 0 Å². The number of hydrogen-bond acceptors (Lipinski definition) is 3. The molecule has 0 fully saturated rings. The number of nitrogens with one attached hydrogen (secondary N) is 1. The average molecular weight is 463 g/mol. The number of alkyl halides is 3. The summed E-state index contributed by atoms with van der Waals surface area (Å²) in [6.45, 7) is 6.03. The van der Waals surface area contributed by atoms with E-state index in [4.69, 9.17) is 0 Å². The Kier molecular flexibility index (Phi) is 4.94. The average Bonchev–Trinajstić information content (AvgIpc) is 2.77. The van der Waals surface area contributed by atoms with Crippen molar-refractivity contribution in [2.75, 3.05) is 0 Å². The molecule has 0 amide bonds. The molecule has 1 aliphatic heterocycles. The van der Waals surface area contributed by atoms with E-state index in [9.17, 15) is 13.2 Å². The maximum Gasteiger partial charge on any atom is 0.403 e. The number of nitrogens with zero attached hydrogens (tertiary/aromatic N) is 3. The first-order valence-corrected chi connectivity index (χ1v) is 5.75. The van der Waals surface area contributed by atoms with Gasteiger partial charge in [-0.3, -0.25) is 10.4 Å². The molecule has 0 saturated carbocycles. The van der Waals surface area contributed by atoms with Crippen LogP contribution in [0.25, 0.3) is 5.43 Å². The minimum absolute atomic E-state index is 0. The molecule has 2 rings (SSSR count). The molecule has 1 aliphatic rings. The van der Waals surface area contributed by atoms with Crippen LogP contribution >= 0.6 is 0 Å². The van der Waals surface area contributed by atoms with E-state index >= 15 is 0 Å². The summed E-state index contributed by atoms with van der Waals surface area (Å²) in [5.41, 5.74) is 6.74. The predicted octanol–water partition coefficient (Wildman–Crippen LogP) is 2.90. The fraction of sp³-hybridized carbons (Fsp3) is 0.500. The van der Waals surface area contributed by atoms with E-state index in [0.717, 1.165) is 5.56 Å². The molecule has 0 spiro atoms. The summed E-state index contributed by atoms with van der Waals surface area (Å²) in [5.74, 6) is -0.0200. The van der Waals surface area contributed by atoms with Gasteiger partial charge in [-0.15, -0.1) is 0 Å². The Morgan fingerprint density at radius 3 is 2.40 bits per heavy atom. The van der Waals surface area contributed by atoms with Gasteiger partial charge in [0, 0.05) is 26.3 Å². The van der Waals surface area contributed by atoms with Gasteiger partial charge >= 0.3 is 6.18 Å². The van der Waals surface area contributed by atoms with Crippen molar-refractivity contribution in [3.8, 4) is 0 Å². The molecule has 0 saturated heterocycles. The summed E-state index contributed by atoms with van der Waals surface area (Å²) in [6.07, 6.45) is -4.88. The summed E-state index contributed by atoms with van der Waals surface area (Å²) in [5, 5.41) is 0. The maximum atomic E-state index is 12.5. The minimum Gasteiger partial charge on any atom is -0.439 e. The Balaban J connectivity index is 0.00000200. The van der Waals surface area contributed by atoms with Crippen LogP contribution in [0.3, 0.4) is 0 Å². The van der Waals surface area contributed by atoms with Crippen molar-refractivity contribution in [1.29, 1.82) is 0 Å². The first-order valence-electron chi connectivity index (χ1n) is 5.75. The fourth-order valence-electron chi connectivity index (χ4n) is 1.59. The Morgan fingerprint density at radius 1 is 1.25 bits per heavy atom. The zero-order valence-electron chi connectivity index (χ0n) is 11.1. The van der Waals surface area contributed by atoms with Crippen molar-refractivity contribution in [2.45, 2.75) is 38.5 Å². The quantitative estimate of drug-likeness (QED) is 0.697. The number of rotatable bonds is 1. The Hall–Kier alpha value is -0.981. The number of pyridine rings is 1. The van der Waals surface area contributed by atoms with Gasteiger partial charge in [0.1, 0.15) is 6.17 Å². The Bertz CT molecular complexity index is 508. The summed E-state index contributed by atoms with van der Waals surface area (Å²) in [6, 6.07) is 3.54. The Morgan fingerprint density at radius 2 is 1.90 bits per heavy atom. The molecular formula is C12H14F3IrN4-. The summed E-state index contributed by atoms with van der Waals surface area (Å²) in [7, 11) is 0. The predicted molar refractivity (Wildman–Crippen MR) is 65.8 cm³/mol. The third-order valence-corrected chi connectivity index (χ3v) is 2.71. The second-order valence-electron chi connectivity index (χ2n) is 5.32. The molecule has 0 bridgehead atoms. The maximum absolute atomic E-state index is 12.5. The van der Waals surface area contributed by atoms with Crippen LogP contribution in [-0.2, 0) is 25.5 Å². The van der Waals surface area contributed by atoms with Gasteiger partial charge in [0.2, 0.25) is 0 Å². The van der Waals surface area contributed by atoms with Crippen molar-refractivity contribution in [3.63, 3.8) is 0 Å². The van der Waals surface area contributed by atoms with Crippen LogP contribution in [0.2, 0.25) is 0 Å². The monoisotopic (exact) mass is 464 g/mol. The number of amidine groups is 1. The topological polar surface area (TPSA) is 51.4 Å². The molecule has 2 heterocycles. The van der Waals surface area contributed by atoms with E-state index in [0.29, 0.717) is 5.69 Å². The molecule has 1 unspecified atom stereocenters. The molecule has 0 aliphatic carbocycles. The smallest absolute Gasteiger partial charge is 0.403 e. The molecule has 1 radical (unpaired) electrons. The van der Waals surface area contributed by atoms with E-state index in [1.807, 2.05) is 32.3 Å². The van der Waals surface area contributed by atoms with Crippen LogP contribution in [0.1, 0.15) is 32.0 Å². The second-order valence-corrected chi connectivity index (χ2v) is 5.32. The van der Waals surface area contributed by atoms with E-state index < -0.39 is 12.3 Å². The van der Waals surface area contributed by atoms with Crippen LogP contribution in [-0.4, -0.2) is 23.2 Å². The SMILES string of the molecule is CC(C)(C)c1ccnc(C2=NC(C(F)(F)F)N[N-]2)c1.[Ir]. The van der Waals surface area contributed by atoms with Gasteiger partial charge in [-0.1, -0.05) is 20.8 Å². The molecule has 8 heteroatoms. The third kappa shape index (κ3) is 3.77. The fourth-order valence-corrected chi connectivity index (χ4v) is 1.59. The molecule has 1 atom stereocenters. The van der Waals surface area contributed by atoms with Gasteiger partial charge in [0.05, 0.1) is 5.69 Å². The standard InChI is InChI=1S/C12H14F3N4.Ir/c1-11(2,3)7-4-5-16-8(6-7)9-17-10(19-18-9)12(13,14)15;/h4-6,10,19H,1-3H3;/q-1;. The number of halogens is 3. The molecule has 1 aromatic rings. The van der Waals surface area contributed by atoms with Crippen molar-refractivity contribution in [2.24, 2.45) is 4.99 Å². The summed E-state index contributed by atoms with van der Waals surface area (Å²) >= 11 is 0. The van der Waals surface area contributed by atoms with Crippen LogP contribution in [0, 0.1) is 0 Å². The zero-order chi connectivity index (χ0) is 14.3. The summed E-state index contributed by atoms with van der Waals surface area (Å²) in [4.78, 5) is 7.52. The van der Waals surface area contributed by atoms with E-state index in [1.165, 1.54) is 0 Å². The van der Waals surface area contributed by atoms with Gasteiger partial charge in [-0.25, -0.2) is 0 Å². The largest absolute Gasteiger partial charge is 0.439 e. The second kappa shape index (κ2) is 5.79. The van der Waals surface area contributed by atoms with E-state index in [2.05, 4.69) is 15.4 Å². The summed E-state index contributed by atoms with van der Waals surface area (Å²) < 4.78 is 37.4. The van der Waals surface area contributed by atoms with Gasteiger partial charge in [0.15, 0.2) is 0 Å². The molecule has 4 nitrogen and oxygen atoms in total. The number of aromatic nitrogens is 1. The van der Waals surface area contributed by atoms with Crippen LogP contribution < -0.4 is 5.43 Å². The van der Waals surface area contributed by atoms with Crippen LogP contribution in [0.4, 0.5) is 13.2 Å². The molecule has 1 N–H and O–H groups in total. The van der Waals surface area contributed by atoms with Crippen molar-refractivity contribution in [3.05, 3.63) is 35.0 Å². The Labute approximate surface area is 128 Å². The van der Waals surface area contributed by atoms with E-state index in [1.54, 1.807) is 12.3 Å². The first-order chi connectivity index (χ1) is 8.68. The van der Waals surface area contributed by atoms with E-state index in [-0.39, 0.29) is 31.4 Å². The van der Waals surface area contributed by atoms with Gasteiger partial charge in [-0.05, 0) is 28.9 Å². The van der Waals surface area contributed by atoms with Gasteiger partial charge < -0.3 is 10.4 Å². The van der Waals surface area contributed by atoms with Gasteiger partial charge in [-0.2, -0.15) is 13.2 Å². The van der Waals surface area contributed by atoms with Crippen LogP contribution in [0.15, 0.2) is 23.3 Å². The van der Waals surface area contributed by atoms with Crippen molar-refractivity contribution < 1.29 is 33.3 Å². The molecule has 113 valence electrons.